The number of rotatable bonds is 4. The van der Waals surface area contributed by atoms with Crippen LogP contribution in [-0.2, 0) is 25.7 Å². The number of hydrogen-bond acceptors (Lipinski definition) is 0. The molecular weight excluding hydrogens is 384 g/mol. The van der Waals surface area contributed by atoms with Crippen LogP contribution in [0.1, 0.15) is 83.3 Å². The van der Waals surface area contributed by atoms with Crippen LogP contribution in [0.2, 0.25) is 0 Å². The zero-order valence-corrected chi connectivity index (χ0v) is 20.4. The van der Waals surface area contributed by atoms with Gasteiger partial charge in [0.25, 0.3) is 0 Å². The number of benzene rings is 3. The SMILES string of the molecule is CCc1c(C#Cc2ccc(C)cc2)c(CC)c(CC)c(C#Cc2ccc(C)cc2)c1CC. The highest BCUT2D eigenvalue weighted by Gasteiger charge is 2.18. The van der Waals surface area contributed by atoms with E-state index in [2.05, 4.69) is 114 Å². The maximum atomic E-state index is 3.58. The van der Waals surface area contributed by atoms with E-state index in [1.54, 1.807) is 0 Å². The second-order valence-corrected chi connectivity index (χ2v) is 8.31. The highest BCUT2D eigenvalue weighted by molar-refractivity contribution is 5.64. The van der Waals surface area contributed by atoms with Crippen LogP contribution in [0.15, 0.2) is 48.5 Å². The Morgan fingerprint density at radius 1 is 0.438 bits per heavy atom. The van der Waals surface area contributed by atoms with Crippen LogP contribution in [-0.4, -0.2) is 0 Å². The Hall–Kier alpha value is -3.22. The first-order valence-electron chi connectivity index (χ1n) is 11.9. The lowest BCUT2D eigenvalue weighted by atomic mass is 9.82. The molecular formula is C32H34. The monoisotopic (exact) mass is 418 g/mol. The summed E-state index contributed by atoms with van der Waals surface area (Å²) in [6, 6.07) is 17.0. The molecule has 0 saturated carbocycles. The minimum atomic E-state index is 0.970. The first-order chi connectivity index (χ1) is 15.5. The van der Waals surface area contributed by atoms with Crippen molar-refractivity contribution in [2.45, 2.75) is 67.2 Å². The molecule has 0 atom stereocenters. The van der Waals surface area contributed by atoms with Crippen molar-refractivity contribution in [3.8, 4) is 23.7 Å². The van der Waals surface area contributed by atoms with Gasteiger partial charge in [-0.1, -0.05) is 86.8 Å². The lowest BCUT2D eigenvalue weighted by Crippen LogP contribution is -2.09. The Morgan fingerprint density at radius 2 is 0.719 bits per heavy atom. The van der Waals surface area contributed by atoms with Gasteiger partial charge in [0, 0.05) is 22.3 Å². The van der Waals surface area contributed by atoms with E-state index >= 15 is 0 Å². The maximum absolute atomic E-state index is 3.58. The Balaban J connectivity index is 2.22. The van der Waals surface area contributed by atoms with Gasteiger partial charge in [-0.3, -0.25) is 0 Å². The van der Waals surface area contributed by atoms with Gasteiger partial charge in [0.05, 0.1) is 0 Å². The highest BCUT2D eigenvalue weighted by Crippen LogP contribution is 2.30. The van der Waals surface area contributed by atoms with E-state index in [4.69, 9.17) is 0 Å². The molecule has 0 radical (unpaired) electrons. The quantitative estimate of drug-likeness (QED) is 0.388. The Bertz CT molecular complexity index is 1070. The third-order valence-corrected chi connectivity index (χ3v) is 6.12. The molecule has 3 aromatic rings. The molecule has 0 fully saturated rings. The van der Waals surface area contributed by atoms with Crippen LogP contribution in [0.5, 0.6) is 0 Å². The molecule has 0 aliphatic rings. The molecule has 0 unspecified atom stereocenters. The summed E-state index contributed by atoms with van der Waals surface area (Å²) in [5.74, 6) is 14.0. The van der Waals surface area contributed by atoms with Gasteiger partial charge in [-0.15, -0.1) is 0 Å². The van der Waals surface area contributed by atoms with Gasteiger partial charge in [-0.05, 0) is 86.1 Å². The molecule has 3 rings (SSSR count). The molecule has 0 heteroatoms. The van der Waals surface area contributed by atoms with Gasteiger partial charge in [-0.2, -0.15) is 0 Å². The average Bonchev–Trinajstić information content (AvgIpc) is 2.82. The fraction of sp³-hybridized carbons (Fsp3) is 0.312. The lowest BCUT2D eigenvalue weighted by molar-refractivity contribution is 0.957. The van der Waals surface area contributed by atoms with Gasteiger partial charge in [0.15, 0.2) is 0 Å². The molecule has 0 aliphatic heterocycles. The van der Waals surface area contributed by atoms with Crippen LogP contribution >= 0.6 is 0 Å². The van der Waals surface area contributed by atoms with Crippen molar-refractivity contribution in [3.05, 3.63) is 104 Å². The number of aryl methyl sites for hydroxylation is 2. The van der Waals surface area contributed by atoms with Crippen molar-refractivity contribution in [2.24, 2.45) is 0 Å². The van der Waals surface area contributed by atoms with E-state index in [0.717, 1.165) is 36.8 Å². The second kappa shape index (κ2) is 10.9. The average molecular weight is 419 g/mol. The minimum absolute atomic E-state index is 0.970. The van der Waals surface area contributed by atoms with Gasteiger partial charge >= 0.3 is 0 Å². The first-order valence-corrected chi connectivity index (χ1v) is 11.9. The van der Waals surface area contributed by atoms with Crippen LogP contribution in [0.4, 0.5) is 0 Å². The zero-order valence-electron chi connectivity index (χ0n) is 20.4. The Labute approximate surface area is 195 Å². The van der Waals surface area contributed by atoms with E-state index in [1.807, 2.05) is 0 Å². The summed E-state index contributed by atoms with van der Waals surface area (Å²) in [5.41, 5.74) is 12.6. The van der Waals surface area contributed by atoms with Crippen molar-refractivity contribution < 1.29 is 0 Å². The Morgan fingerprint density at radius 3 is 0.969 bits per heavy atom. The summed E-state index contributed by atoms with van der Waals surface area (Å²) in [7, 11) is 0. The van der Waals surface area contributed by atoms with Crippen LogP contribution < -0.4 is 0 Å². The summed E-state index contributed by atoms with van der Waals surface area (Å²) < 4.78 is 0. The Kier molecular flexibility index (Phi) is 7.98. The molecule has 0 spiro atoms. The summed E-state index contributed by atoms with van der Waals surface area (Å²) in [6.45, 7) is 13.2. The van der Waals surface area contributed by atoms with Crippen molar-refractivity contribution in [1.82, 2.24) is 0 Å². The first kappa shape index (κ1) is 23.4. The second-order valence-electron chi connectivity index (χ2n) is 8.31. The molecule has 0 bridgehead atoms. The smallest absolute Gasteiger partial charge is 0.0319 e. The lowest BCUT2D eigenvalue weighted by Gasteiger charge is -2.20. The van der Waals surface area contributed by atoms with Gasteiger partial charge in [0.1, 0.15) is 0 Å². The standard InChI is InChI=1S/C32H34/c1-7-27-28(8-2)32(22-20-26-17-13-24(6)14-18-26)30(10-4)29(9-3)31(27)21-19-25-15-11-23(5)12-16-25/h11-18H,7-10H2,1-6H3. The third-order valence-electron chi connectivity index (χ3n) is 6.12. The minimum Gasteiger partial charge on any atom is -0.0616 e. The summed E-state index contributed by atoms with van der Waals surface area (Å²) in [6.07, 6.45) is 3.88. The van der Waals surface area contributed by atoms with E-state index in [9.17, 15) is 0 Å². The van der Waals surface area contributed by atoms with Crippen LogP contribution in [0, 0.1) is 37.5 Å². The van der Waals surface area contributed by atoms with E-state index in [0.29, 0.717) is 0 Å². The molecule has 3 aromatic carbocycles. The number of hydrogen-bond donors (Lipinski definition) is 0. The molecule has 0 heterocycles. The van der Waals surface area contributed by atoms with E-state index in [1.165, 1.54) is 44.5 Å². The van der Waals surface area contributed by atoms with Gasteiger partial charge < -0.3 is 0 Å². The van der Waals surface area contributed by atoms with Crippen molar-refractivity contribution in [1.29, 1.82) is 0 Å². The molecule has 0 aliphatic carbocycles. The summed E-state index contributed by atoms with van der Waals surface area (Å²) in [5, 5.41) is 0. The normalized spacial score (nSPS) is 10.2. The van der Waals surface area contributed by atoms with Crippen LogP contribution in [0.25, 0.3) is 0 Å². The van der Waals surface area contributed by atoms with E-state index < -0.39 is 0 Å². The van der Waals surface area contributed by atoms with Crippen molar-refractivity contribution in [3.63, 3.8) is 0 Å². The molecule has 0 N–H and O–H groups in total. The summed E-state index contributed by atoms with van der Waals surface area (Å²) >= 11 is 0. The molecule has 0 nitrogen and oxygen atoms in total. The highest BCUT2D eigenvalue weighted by atomic mass is 14.2. The maximum Gasteiger partial charge on any atom is 0.0319 e. The molecule has 32 heavy (non-hydrogen) atoms. The topological polar surface area (TPSA) is 0 Å². The third kappa shape index (κ3) is 5.15. The van der Waals surface area contributed by atoms with Gasteiger partial charge in [-0.25, -0.2) is 0 Å². The fourth-order valence-corrected chi connectivity index (χ4v) is 4.37. The predicted molar refractivity (Wildman–Crippen MR) is 138 cm³/mol. The largest absolute Gasteiger partial charge is 0.0616 e. The van der Waals surface area contributed by atoms with Crippen LogP contribution in [0.3, 0.4) is 0 Å². The molecule has 0 saturated heterocycles. The fourth-order valence-electron chi connectivity index (χ4n) is 4.37. The predicted octanol–water partition coefficient (Wildman–Crippen LogP) is 7.35. The summed E-state index contributed by atoms with van der Waals surface area (Å²) in [4.78, 5) is 0. The van der Waals surface area contributed by atoms with E-state index in [-0.39, 0.29) is 0 Å². The molecule has 0 aromatic heterocycles. The molecule has 0 amide bonds. The van der Waals surface area contributed by atoms with Crippen molar-refractivity contribution >= 4 is 0 Å². The van der Waals surface area contributed by atoms with Gasteiger partial charge in [0.2, 0.25) is 0 Å². The zero-order chi connectivity index (χ0) is 23.1. The molecule has 162 valence electrons. The van der Waals surface area contributed by atoms with Crippen molar-refractivity contribution in [2.75, 3.05) is 0 Å².